The Morgan fingerprint density at radius 3 is 2.54 bits per heavy atom. The van der Waals surface area contributed by atoms with Gasteiger partial charge in [-0.3, -0.25) is 4.79 Å². The number of amides is 1. The molecule has 2 fully saturated rings. The van der Waals surface area contributed by atoms with Crippen LogP contribution in [0.25, 0.3) is 0 Å². The maximum Gasteiger partial charge on any atom is 0.223 e. The van der Waals surface area contributed by atoms with Gasteiger partial charge in [0.05, 0.1) is 0 Å². The second-order valence-corrected chi connectivity index (χ2v) is 4.56. The molecular formula is C10H18N2O. The van der Waals surface area contributed by atoms with E-state index in [-0.39, 0.29) is 11.8 Å². The van der Waals surface area contributed by atoms with Crippen molar-refractivity contribution in [3.8, 4) is 0 Å². The molecule has 1 atom stereocenters. The van der Waals surface area contributed by atoms with Gasteiger partial charge in [0.25, 0.3) is 0 Å². The van der Waals surface area contributed by atoms with E-state index in [1.54, 1.807) is 0 Å². The fourth-order valence-electron chi connectivity index (χ4n) is 1.92. The van der Waals surface area contributed by atoms with Crippen molar-refractivity contribution in [1.82, 2.24) is 5.32 Å². The number of rotatable bonds is 3. The van der Waals surface area contributed by atoms with Crippen molar-refractivity contribution >= 4 is 5.91 Å². The minimum atomic E-state index is 0.219. The molecule has 0 aromatic rings. The van der Waals surface area contributed by atoms with Gasteiger partial charge in [-0.05, 0) is 31.6 Å². The molecular weight excluding hydrogens is 164 g/mol. The summed E-state index contributed by atoms with van der Waals surface area (Å²) in [4.78, 5) is 11.6. The zero-order valence-corrected chi connectivity index (χ0v) is 8.12. The minimum Gasteiger partial charge on any atom is -0.353 e. The average Bonchev–Trinajstić information content (AvgIpc) is 2.82. The molecule has 1 amide bonds. The van der Waals surface area contributed by atoms with E-state index in [4.69, 9.17) is 5.73 Å². The molecule has 2 rings (SSSR count). The predicted molar refractivity (Wildman–Crippen MR) is 51.0 cm³/mol. The van der Waals surface area contributed by atoms with E-state index in [1.165, 1.54) is 12.8 Å². The third-order valence-corrected chi connectivity index (χ3v) is 3.26. The van der Waals surface area contributed by atoms with Crippen LogP contribution in [0.3, 0.4) is 0 Å². The summed E-state index contributed by atoms with van der Waals surface area (Å²) in [5.41, 5.74) is 5.64. The Labute approximate surface area is 79.1 Å². The van der Waals surface area contributed by atoms with E-state index in [0.717, 1.165) is 12.8 Å². The molecule has 74 valence electrons. The summed E-state index contributed by atoms with van der Waals surface area (Å²) in [6, 6.07) is 0.685. The van der Waals surface area contributed by atoms with Gasteiger partial charge in [-0.15, -0.1) is 0 Å². The van der Waals surface area contributed by atoms with Gasteiger partial charge >= 0.3 is 0 Å². The largest absolute Gasteiger partial charge is 0.353 e. The Morgan fingerprint density at radius 2 is 2.08 bits per heavy atom. The van der Waals surface area contributed by atoms with Gasteiger partial charge in [-0.2, -0.15) is 0 Å². The Bertz CT molecular complexity index is 207. The van der Waals surface area contributed by atoms with E-state index >= 15 is 0 Å². The van der Waals surface area contributed by atoms with Crippen LogP contribution < -0.4 is 11.1 Å². The van der Waals surface area contributed by atoms with E-state index in [9.17, 15) is 4.79 Å². The molecule has 2 aliphatic rings. The Hall–Kier alpha value is -0.570. The van der Waals surface area contributed by atoms with Crippen LogP contribution >= 0.6 is 0 Å². The molecule has 0 aromatic heterocycles. The van der Waals surface area contributed by atoms with E-state index in [1.807, 2.05) is 6.92 Å². The maximum atomic E-state index is 11.6. The highest BCUT2D eigenvalue weighted by Gasteiger charge is 2.35. The smallest absolute Gasteiger partial charge is 0.223 e. The number of nitrogens with one attached hydrogen (secondary N) is 1. The van der Waals surface area contributed by atoms with Crippen LogP contribution in [0.15, 0.2) is 0 Å². The summed E-state index contributed by atoms with van der Waals surface area (Å²) in [6.07, 6.45) is 4.39. The fraction of sp³-hybridized carbons (Fsp3) is 0.900. The quantitative estimate of drug-likeness (QED) is 0.673. The lowest BCUT2D eigenvalue weighted by molar-refractivity contribution is -0.126. The van der Waals surface area contributed by atoms with Crippen LogP contribution in [-0.2, 0) is 4.79 Å². The fourth-order valence-corrected chi connectivity index (χ4v) is 1.92. The first kappa shape index (κ1) is 9.00. The molecule has 2 aliphatic carbocycles. The van der Waals surface area contributed by atoms with Crippen molar-refractivity contribution in [2.24, 2.45) is 17.6 Å². The van der Waals surface area contributed by atoms with E-state index in [0.29, 0.717) is 18.0 Å². The first-order valence-corrected chi connectivity index (χ1v) is 5.22. The van der Waals surface area contributed by atoms with Gasteiger partial charge in [0.1, 0.15) is 0 Å². The third-order valence-electron chi connectivity index (χ3n) is 3.26. The zero-order valence-electron chi connectivity index (χ0n) is 8.12. The number of carbonyl (C=O) groups is 1. The second-order valence-electron chi connectivity index (χ2n) is 4.56. The van der Waals surface area contributed by atoms with Crippen molar-refractivity contribution < 1.29 is 4.79 Å². The Morgan fingerprint density at radius 1 is 1.46 bits per heavy atom. The van der Waals surface area contributed by atoms with Crippen LogP contribution in [0, 0.1) is 11.8 Å². The average molecular weight is 182 g/mol. The first-order valence-electron chi connectivity index (χ1n) is 5.22. The summed E-state index contributed by atoms with van der Waals surface area (Å²) in [5, 5.41) is 3.05. The van der Waals surface area contributed by atoms with Crippen molar-refractivity contribution in [1.29, 1.82) is 0 Å². The molecule has 3 nitrogen and oxygen atoms in total. The van der Waals surface area contributed by atoms with Gasteiger partial charge in [-0.1, -0.05) is 6.92 Å². The summed E-state index contributed by atoms with van der Waals surface area (Å²) < 4.78 is 0. The maximum absolute atomic E-state index is 11.6. The van der Waals surface area contributed by atoms with Gasteiger partial charge in [0.15, 0.2) is 0 Å². The summed E-state index contributed by atoms with van der Waals surface area (Å²) in [6.45, 7) is 2.03. The van der Waals surface area contributed by atoms with Crippen LogP contribution in [0.2, 0.25) is 0 Å². The van der Waals surface area contributed by atoms with Crippen molar-refractivity contribution in [3.63, 3.8) is 0 Å². The van der Waals surface area contributed by atoms with Gasteiger partial charge in [-0.25, -0.2) is 0 Å². The first-order chi connectivity index (χ1) is 6.16. The second kappa shape index (κ2) is 3.29. The molecule has 1 unspecified atom stereocenters. The van der Waals surface area contributed by atoms with Gasteiger partial charge in [0, 0.05) is 18.0 Å². The van der Waals surface area contributed by atoms with Crippen LogP contribution in [0.5, 0.6) is 0 Å². The molecule has 0 bridgehead atoms. The topological polar surface area (TPSA) is 55.1 Å². The number of hydrogen-bond donors (Lipinski definition) is 2. The molecule has 0 heterocycles. The highest BCUT2D eigenvalue weighted by molar-refractivity contribution is 5.79. The molecule has 0 saturated heterocycles. The Kier molecular flexibility index (Phi) is 2.28. The highest BCUT2D eigenvalue weighted by atomic mass is 16.1. The number of hydrogen-bond acceptors (Lipinski definition) is 2. The summed E-state index contributed by atoms with van der Waals surface area (Å²) >= 11 is 0. The zero-order chi connectivity index (χ0) is 9.42. The highest BCUT2D eigenvalue weighted by Crippen LogP contribution is 2.36. The van der Waals surface area contributed by atoms with Crippen molar-refractivity contribution in [2.45, 2.75) is 44.7 Å². The number of nitrogens with two attached hydrogens (primary N) is 1. The molecule has 0 radical (unpaired) electrons. The molecule has 3 N–H and O–H groups in total. The summed E-state index contributed by atoms with van der Waals surface area (Å²) in [7, 11) is 0. The molecule has 0 aromatic carbocycles. The van der Waals surface area contributed by atoms with E-state index in [2.05, 4.69) is 5.32 Å². The third kappa shape index (κ3) is 2.02. The Balaban J connectivity index is 1.71. The molecule has 13 heavy (non-hydrogen) atoms. The normalized spacial score (nSPS) is 34.9. The lowest BCUT2D eigenvalue weighted by Gasteiger charge is -2.33. The van der Waals surface area contributed by atoms with Crippen molar-refractivity contribution in [3.05, 3.63) is 0 Å². The standard InChI is InChI=1S/C10H18N2O/c1-6(7-2-3-7)10(13)12-9-4-8(11)5-9/h6-9H,2-5,11H2,1H3,(H,12,13). The minimum absolute atomic E-state index is 0.219. The van der Waals surface area contributed by atoms with Crippen LogP contribution in [0.4, 0.5) is 0 Å². The molecule has 0 aliphatic heterocycles. The molecule has 0 spiro atoms. The molecule has 2 saturated carbocycles. The van der Waals surface area contributed by atoms with Gasteiger partial charge in [0.2, 0.25) is 5.91 Å². The van der Waals surface area contributed by atoms with Crippen LogP contribution in [0.1, 0.15) is 32.6 Å². The predicted octanol–water partition coefficient (Wildman–Crippen LogP) is 0.638. The SMILES string of the molecule is CC(C(=O)NC1CC(N)C1)C1CC1. The van der Waals surface area contributed by atoms with Crippen molar-refractivity contribution in [2.75, 3.05) is 0 Å². The lowest BCUT2D eigenvalue weighted by atomic mass is 9.87. The van der Waals surface area contributed by atoms with E-state index < -0.39 is 0 Å². The monoisotopic (exact) mass is 182 g/mol. The lowest BCUT2D eigenvalue weighted by Crippen LogP contribution is -2.51. The van der Waals surface area contributed by atoms with Crippen LogP contribution in [-0.4, -0.2) is 18.0 Å². The number of carbonyl (C=O) groups excluding carboxylic acids is 1. The molecule has 3 heteroatoms. The van der Waals surface area contributed by atoms with Gasteiger partial charge < -0.3 is 11.1 Å². The summed E-state index contributed by atoms with van der Waals surface area (Å²) in [5.74, 6) is 1.12.